The van der Waals surface area contributed by atoms with Gasteiger partial charge in [-0.05, 0) is 24.5 Å². The van der Waals surface area contributed by atoms with Crippen LogP contribution in [0.5, 0.6) is 0 Å². The Morgan fingerprint density at radius 2 is 1.86 bits per heavy atom. The lowest BCUT2D eigenvalue weighted by Gasteiger charge is -2.34. The Morgan fingerprint density at radius 1 is 1.33 bits per heavy atom. The van der Waals surface area contributed by atoms with Crippen LogP contribution in [0.4, 0.5) is 5.69 Å². The van der Waals surface area contributed by atoms with Crippen molar-refractivity contribution >= 4 is 27.3 Å². The molecule has 0 spiro atoms. The predicted molar refractivity (Wildman–Crippen MR) is 82.0 cm³/mol. The summed E-state index contributed by atoms with van der Waals surface area (Å²) in [5, 5.41) is 10.8. The van der Waals surface area contributed by atoms with Crippen molar-refractivity contribution in [2.24, 2.45) is 5.41 Å². The van der Waals surface area contributed by atoms with Crippen LogP contribution in [-0.4, -0.2) is 30.7 Å². The largest absolute Gasteiger partial charge is 0.289 e. The summed E-state index contributed by atoms with van der Waals surface area (Å²) in [5.41, 5.74) is -0.685. The number of halogens is 1. The summed E-state index contributed by atoms with van der Waals surface area (Å²) in [6.07, 6.45) is 0. The van der Waals surface area contributed by atoms with Crippen LogP contribution in [0.3, 0.4) is 0 Å². The molecule has 0 amide bonds. The van der Waals surface area contributed by atoms with Gasteiger partial charge in [-0.1, -0.05) is 32.4 Å². The van der Waals surface area contributed by atoms with E-state index in [1.165, 1.54) is 23.5 Å². The fourth-order valence-corrected chi connectivity index (χ4v) is 3.46. The molecular weight excluding hydrogens is 316 g/mol. The molecule has 6 nitrogen and oxygen atoms in total. The second-order valence-electron chi connectivity index (χ2n) is 5.93. The van der Waals surface area contributed by atoms with E-state index in [1.807, 2.05) is 20.8 Å². The molecule has 1 aromatic rings. The molecule has 1 aromatic carbocycles. The van der Waals surface area contributed by atoms with Gasteiger partial charge in [-0.2, -0.15) is 4.31 Å². The highest BCUT2D eigenvalue weighted by Gasteiger charge is 2.33. The van der Waals surface area contributed by atoms with Gasteiger partial charge in [0.25, 0.3) is 5.69 Å². The zero-order valence-electron chi connectivity index (χ0n) is 12.6. The molecule has 118 valence electrons. The van der Waals surface area contributed by atoms with Crippen LogP contribution in [0.25, 0.3) is 0 Å². The van der Waals surface area contributed by atoms with Crippen LogP contribution < -0.4 is 0 Å². The second kappa shape index (κ2) is 5.90. The molecule has 0 aliphatic heterocycles. The lowest BCUT2D eigenvalue weighted by Crippen LogP contribution is -2.42. The molecule has 1 unspecified atom stereocenters. The average Bonchev–Trinajstić information content (AvgIpc) is 2.35. The second-order valence-corrected chi connectivity index (χ2v) is 8.34. The molecule has 0 fully saturated rings. The summed E-state index contributed by atoms with van der Waals surface area (Å²) in [6, 6.07) is 3.21. The molecule has 0 aromatic heterocycles. The third-order valence-corrected chi connectivity index (χ3v) is 5.83. The van der Waals surface area contributed by atoms with Gasteiger partial charge in [0, 0.05) is 19.2 Å². The molecule has 0 saturated carbocycles. The number of nitro groups is 1. The van der Waals surface area contributed by atoms with E-state index in [0.717, 1.165) is 6.07 Å². The Morgan fingerprint density at radius 3 is 2.29 bits per heavy atom. The van der Waals surface area contributed by atoms with Gasteiger partial charge < -0.3 is 0 Å². The smallest absolute Gasteiger partial charge is 0.258 e. The third-order valence-electron chi connectivity index (χ3n) is 3.59. The Balaban J connectivity index is 3.32. The van der Waals surface area contributed by atoms with E-state index in [1.54, 1.807) is 6.92 Å². The van der Waals surface area contributed by atoms with Crippen LogP contribution in [0.1, 0.15) is 27.7 Å². The first-order valence-electron chi connectivity index (χ1n) is 6.31. The van der Waals surface area contributed by atoms with Gasteiger partial charge in [-0.15, -0.1) is 0 Å². The first-order valence-corrected chi connectivity index (χ1v) is 8.13. The summed E-state index contributed by atoms with van der Waals surface area (Å²) in [4.78, 5) is 10.0. The van der Waals surface area contributed by atoms with E-state index in [9.17, 15) is 18.5 Å². The Hall–Kier alpha value is -1.18. The molecule has 0 aliphatic carbocycles. The van der Waals surface area contributed by atoms with Crippen molar-refractivity contribution < 1.29 is 13.3 Å². The van der Waals surface area contributed by atoms with Crippen LogP contribution in [0.15, 0.2) is 23.1 Å². The maximum atomic E-state index is 12.6. The van der Waals surface area contributed by atoms with Crippen LogP contribution >= 0.6 is 11.6 Å². The first kappa shape index (κ1) is 17.9. The lowest BCUT2D eigenvalue weighted by atomic mass is 9.88. The standard InChI is InChI=1S/C13H19ClN2O4S/c1-9(13(2,3)4)15(5)21(19,20)10-6-7-11(14)12(8-10)16(17)18/h6-9H,1-5H3. The molecule has 1 atom stereocenters. The fraction of sp³-hybridized carbons (Fsp3) is 0.538. The van der Waals surface area contributed by atoms with Crippen LogP contribution in [-0.2, 0) is 10.0 Å². The van der Waals surface area contributed by atoms with Crippen molar-refractivity contribution in [2.75, 3.05) is 7.05 Å². The zero-order valence-corrected chi connectivity index (χ0v) is 14.2. The van der Waals surface area contributed by atoms with Gasteiger partial charge in [-0.3, -0.25) is 10.1 Å². The Bertz CT molecular complexity index is 653. The molecule has 0 radical (unpaired) electrons. The van der Waals surface area contributed by atoms with Crippen molar-refractivity contribution in [1.29, 1.82) is 0 Å². The normalized spacial score (nSPS) is 14.2. The molecule has 1 rings (SSSR count). The molecule has 0 heterocycles. The minimum atomic E-state index is -3.82. The van der Waals surface area contributed by atoms with E-state index in [0.29, 0.717) is 0 Å². The van der Waals surface area contributed by atoms with Crippen molar-refractivity contribution in [1.82, 2.24) is 4.31 Å². The highest BCUT2D eigenvalue weighted by molar-refractivity contribution is 7.89. The van der Waals surface area contributed by atoms with E-state index < -0.39 is 20.6 Å². The summed E-state index contributed by atoms with van der Waals surface area (Å²) in [5.74, 6) is 0. The molecular formula is C13H19ClN2O4S. The van der Waals surface area contributed by atoms with Crippen LogP contribution in [0, 0.1) is 15.5 Å². The molecule has 21 heavy (non-hydrogen) atoms. The monoisotopic (exact) mass is 334 g/mol. The number of hydrogen-bond donors (Lipinski definition) is 0. The SMILES string of the molecule is CC(N(C)S(=O)(=O)c1ccc(Cl)c([N+](=O)[O-])c1)C(C)(C)C. The number of sulfonamides is 1. The molecule has 8 heteroatoms. The van der Waals surface area contributed by atoms with Gasteiger partial charge >= 0.3 is 0 Å². The lowest BCUT2D eigenvalue weighted by molar-refractivity contribution is -0.384. The number of hydrogen-bond acceptors (Lipinski definition) is 4. The van der Waals surface area contributed by atoms with Gasteiger partial charge in [0.05, 0.1) is 9.82 Å². The van der Waals surface area contributed by atoms with E-state index in [4.69, 9.17) is 11.6 Å². The number of nitrogens with zero attached hydrogens (tertiary/aromatic N) is 2. The van der Waals surface area contributed by atoms with E-state index in [2.05, 4.69) is 0 Å². The van der Waals surface area contributed by atoms with Crippen LogP contribution in [0.2, 0.25) is 5.02 Å². The minimum Gasteiger partial charge on any atom is -0.258 e. The first-order chi connectivity index (χ1) is 9.39. The van der Waals surface area contributed by atoms with Crippen molar-refractivity contribution in [3.05, 3.63) is 33.3 Å². The maximum Gasteiger partial charge on any atom is 0.289 e. The molecule has 0 saturated heterocycles. The summed E-state index contributed by atoms with van der Waals surface area (Å²) < 4.78 is 26.4. The highest BCUT2D eigenvalue weighted by Crippen LogP contribution is 2.31. The third kappa shape index (κ3) is 3.72. The quantitative estimate of drug-likeness (QED) is 0.625. The van der Waals surface area contributed by atoms with Gasteiger partial charge in [0.1, 0.15) is 5.02 Å². The molecule has 0 bridgehead atoms. The predicted octanol–water partition coefficient (Wildman–Crippen LogP) is 3.30. The summed E-state index contributed by atoms with van der Waals surface area (Å²) >= 11 is 5.71. The Labute approximate surface area is 129 Å². The van der Waals surface area contributed by atoms with Crippen molar-refractivity contribution in [3.63, 3.8) is 0 Å². The highest BCUT2D eigenvalue weighted by atomic mass is 35.5. The van der Waals surface area contributed by atoms with Gasteiger partial charge in [0.15, 0.2) is 0 Å². The number of benzene rings is 1. The van der Waals surface area contributed by atoms with E-state index >= 15 is 0 Å². The van der Waals surface area contributed by atoms with Gasteiger partial charge in [-0.25, -0.2) is 8.42 Å². The van der Waals surface area contributed by atoms with E-state index in [-0.39, 0.29) is 21.4 Å². The zero-order chi connectivity index (χ0) is 16.6. The number of nitro benzene ring substituents is 1. The fourth-order valence-electron chi connectivity index (χ4n) is 1.71. The van der Waals surface area contributed by atoms with Crippen molar-refractivity contribution in [3.8, 4) is 0 Å². The Kier molecular flexibility index (Phi) is 5.02. The summed E-state index contributed by atoms with van der Waals surface area (Å²) in [6.45, 7) is 7.57. The molecule has 0 aliphatic rings. The summed E-state index contributed by atoms with van der Waals surface area (Å²) in [7, 11) is -2.36. The number of rotatable bonds is 4. The maximum absolute atomic E-state index is 12.6. The van der Waals surface area contributed by atoms with Crippen molar-refractivity contribution in [2.45, 2.75) is 38.6 Å². The van der Waals surface area contributed by atoms with Gasteiger partial charge in [0.2, 0.25) is 10.0 Å². The average molecular weight is 335 g/mol. The topological polar surface area (TPSA) is 80.5 Å². The minimum absolute atomic E-state index is 0.0922. The molecule has 0 N–H and O–H groups in total.